The Morgan fingerprint density at radius 1 is 1.56 bits per heavy atom. The minimum atomic E-state index is -1.41. The fraction of sp³-hybridized carbons (Fsp3) is 0.364. The van der Waals surface area contributed by atoms with Crippen molar-refractivity contribution in [2.24, 2.45) is 5.92 Å². The van der Waals surface area contributed by atoms with Gasteiger partial charge in [-0.1, -0.05) is 23.2 Å². The summed E-state index contributed by atoms with van der Waals surface area (Å²) in [6, 6.07) is 2.74. The standard InChI is InChI=1S/C11H8BrCl2FO3/c1-18-6-3-4(2-5(15)9(6)12)7-8(10(16)17)11(7,13)14/h2-3,7-8H,1H3,(H,16,17). The van der Waals surface area contributed by atoms with E-state index in [4.69, 9.17) is 33.0 Å². The molecule has 0 saturated heterocycles. The van der Waals surface area contributed by atoms with E-state index in [-0.39, 0.29) is 10.2 Å². The zero-order valence-electron chi connectivity index (χ0n) is 9.08. The molecule has 0 aromatic heterocycles. The van der Waals surface area contributed by atoms with E-state index in [1.165, 1.54) is 19.2 Å². The van der Waals surface area contributed by atoms with Gasteiger partial charge in [0, 0.05) is 5.92 Å². The summed E-state index contributed by atoms with van der Waals surface area (Å²) in [5.41, 5.74) is 0.407. The van der Waals surface area contributed by atoms with E-state index in [0.717, 1.165) is 0 Å². The first-order valence-corrected chi connectivity index (χ1v) is 6.49. The number of carboxylic acids is 1. The van der Waals surface area contributed by atoms with E-state index in [9.17, 15) is 9.18 Å². The monoisotopic (exact) mass is 356 g/mol. The van der Waals surface area contributed by atoms with Crippen molar-refractivity contribution in [2.75, 3.05) is 7.11 Å². The second kappa shape index (κ2) is 4.54. The maximum absolute atomic E-state index is 13.6. The molecule has 0 spiro atoms. The van der Waals surface area contributed by atoms with Crippen molar-refractivity contribution in [3.63, 3.8) is 0 Å². The van der Waals surface area contributed by atoms with Gasteiger partial charge < -0.3 is 9.84 Å². The van der Waals surface area contributed by atoms with Gasteiger partial charge in [0.15, 0.2) is 0 Å². The fourth-order valence-electron chi connectivity index (χ4n) is 1.96. The van der Waals surface area contributed by atoms with Crippen molar-refractivity contribution in [3.05, 3.63) is 28.0 Å². The van der Waals surface area contributed by atoms with Crippen LogP contribution in [0.3, 0.4) is 0 Å². The molecule has 98 valence electrons. The molecule has 2 atom stereocenters. The number of hydrogen-bond acceptors (Lipinski definition) is 2. The maximum Gasteiger partial charge on any atom is 0.310 e. The van der Waals surface area contributed by atoms with Gasteiger partial charge in [0.2, 0.25) is 0 Å². The molecule has 2 unspecified atom stereocenters. The average molecular weight is 358 g/mol. The van der Waals surface area contributed by atoms with E-state index in [2.05, 4.69) is 15.9 Å². The Balaban J connectivity index is 2.42. The zero-order valence-corrected chi connectivity index (χ0v) is 12.2. The molecule has 0 radical (unpaired) electrons. The molecule has 3 nitrogen and oxygen atoms in total. The predicted molar refractivity (Wildman–Crippen MR) is 69.0 cm³/mol. The third-order valence-corrected chi connectivity index (χ3v) is 4.63. The number of ether oxygens (including phenoxy) is 1. The molecule has 0 bridgehead atoms. The molecule has 1 aromatic carbocycles. The van der Waals surface area contributed by atoms with Crippen LogP contribution in [0, 0.1) is 11.7 Å². The van der Waals surface area contributed by atoms with Crippen molar-refractivity contribution in [3.8, 4) is 5.75 Å². The Morgan fingerprint density at radius 3 is 2.61 bits per heavy atom. The lowest BCUT2D eigenvalue weighted by molar-refractivity contribution is -0.138. The molecule has 0 aliphatic heterocycles. The number of halogens is 4. The normalized spacial score (nSPS) is 24.7. The van der Waals surface area contributed by atoms with Gasteiger partial charge in [-0.3, -0.25) is 4.79 Å². The third kappa shape index (κ3) is 2.08. The smallest absolute Gasteiger partial charge is 0.310 e. The van der Waals surface area contributed by atoms with Gasteiger partial charge in [0.1, 0.15) is 15.9 Å². The lowest BCUT2D eigenvalue weighted by Crippen LogP contribution is -2.03. The maximum atomic E-state index is 13.6. The number of benzene rings is 1. The fourth-order valence-corrected chi connectivity index (χ4v) is 3.17. The first-order valence-electron chi connectivity index (χ1n) is 4.94. The lowest BCUT2D eigenvalue weighted by atomic mass is 10.1. The molecule has 7 heteroatoms. The topological polar surface area (TPSA) is 46.5 Å². The van der Waals surface area contributed by atoms with Gasteiger partial charge in [-0.05, 0) is 33.6 Å². The highest BCUT2D eigenvalue weighted by Gasteiger charge is 2.68. The van der Waals surface area contributed by atoms with Gasteiger partial charge in [-0.15, -0.1) is 0 Å². The molecule has 18 heavy (non-hydrogen) atoms. The van der Waals surface area contributed by atoms with Crippen molar-refractivity contribution < 1.29 is 19.0 Å². The minimum Gasteiger partial charge on any atom is -0.495 e. The summed E-state index contributed by atoms with van der Waals surface area (Å²) >= 11 is 14.8. The molecule has 1 aromatic rings. The number of aliphatic carboxylic acids is 1. The van der Waals surface area contributed by atoms with Crippen molar-refractivity contribution in [1.29, 1.82) is 0 Å². The molecule has 1 aliphatic carbocycles. The highest BCUT2D eigenvalue weighted by Crippen LogP contribution is 2.65. The number of hydrogen-bond donors (Lipinski definition) is 1. The summed E-state index contributed by atoms with van der Waals surface area (Å²) in [6.07, 6.45) is 0. The van der Waals surface area contributed by atoms with Crippen LogP contribution in [0.4, 0.5) is 4.39 Å². The van der Waals surface area contributed by atoms with Crippen molar-refractivity contribution in [1.82, 2.24) is 0 Å². The van der Waals surface area contributed by atoms with Crippen LogP contribution in [-0.2, 0) is 4.79 Å². The summed E-state index contributed by atoms with van der Waals surface area (Å²) in [6.45, 7) is 0. The highest BCUT2D eigenvalue weighted by atomic mass is 79.9. The largest absolute Gasteiger partial charge is 0.495 e. The molecular formula is C11H8BrCl2FO3. The third-order valence-electron chi connectivity index (χ3n) is 2.92. The van der Waals surface area contributed by atoms with Crippen molar-refractivity contribution >= 4 is 45.1 Å². The predicted octanol–water partition coefficient (Wildman–Crippen LogP) is 3.57. The van der Waals surface area contributed by atoms with Gasteiger partial charge in [0.25, 0.3) is 0 Å². The van der Waals surface area contributed by atoms with Crippen LogP contribution in [0.25, 0.3) is 0 Å². The SMILES string of the molecule is COc1cc(C2C(C(=O)O)C2(Cl)Cl)cc(F)c1Br. The Morgan fingerprint density at radius 2 is 2.17 bits per heavy atom. The molecular weight excluding hydrogens is 350 g/mol. The second-order valence-electron chi connectivity index (χ2n) is 3.99. The quantitative estimate of drug-likeness (QED) is 0.841. The van der Waals surface area contributed by atoms with E-state index in [0.29, 0.717) is 5.56 Å². The Hall–Kier alpha value is -0.520. The molecule has 1 aliphatic rings. The van der Waals surface area contributed by atoms with E-state index in [1.54, 1.807) is 0 Å². The van der Waals surface area contributed by atoms with Crippen LogP contribution in [0.15, 0.2) is 16.6 Å². The van der Waals surface area contributed by atoms with Crippen molar-refractivity contribution in [2.45, 2.75) is 10.3 Å². The van der Waals surface area contributed by atoms with Crippen LogP contribution in [0.1, 0.15) is 11.5 Å². The van der Waals surface area contributed by atoms with Gasteiger partial charge in [0.05, 0.1) is 17.5 Å². The van der Waals surface area contributed by atoms with E-state index < -0.39 is 28.0 Å². The van der Waals surface area contributed by atoms with Crippen LogP contribution >= 0.6 is 39.1 Å². The molecule has 0 heterocycles. The summed E-state index contributed by atoms with van der Waals surface area (Å²) in [5, 5.41) is 8.97. The zero-order chi connectivity index (χ0) is 13.7. The molecule has 1 N–H and O–H groups in total. The highest BCUT2D eigenvalue weighted by molar-refractivity contribution is 9.10. The van der Waals surface area contributed by atoms with Gasteiger partial charge in [-0.2, -0.15) is 0 Å². The van der Waals surface area contributed by atoms with Crippen LogP contribution in [-0.4, -0.2) is 22.5 Å². The van der Waals surface area contributed by atoms with Crippen LogP contribution in [0.2, 0.25) is 0 Å². The second-order valence-corrected chi connectivity index (χ2v) is 6.22. The molecule has 1 fully saturated rings. The first kappa shape index (κ1) is 13.9. The summed E-state index contributed by atoms with van der Waals surface area (Å²) < 4.78 is 17.4. The lowest BCUT2D eigenvalue weighted by Gasteiger charge is -2.08. The first-order chi connectivity index (χ1) is 8.30. The van der Waals surface area contributed by atoms with Gasteiger partial charge in [-0.25, -0.2) is 4.39 Å². The average Bonchev–Trinajstić information content (AvgIpc) is 2.85. The Kier molecular flexibility index (Phi) is 3.51. The summed E-state index contributed by atoms with van der Waals surface area (Å²) in [7, 11) is 1.39. The molecule has 2 rings (SSSR count). The number of carboxylic acid groups (broad SMARTS) is 1. The number of rotatable bonds is 3. The number of methoxy groups -OCH3 is 1. The summed E-state index contributed by atoms with van der Waals surface area (Å²) in [5.74, 6) is -2.97. The Bertz CT molecular complexity index is 521. The Labute approximate surface area is 121 Å². The van der Waals surface area contributed by atoms with Crippen LogP contribution < -0.4 is 4.74 Å². The molecule has 0 amide bonds. The van der Waals surface area contributed by atoms with E-state index >= 15 is 0 Å². The van der Waals surface area contributed by atoms with Crippen LogP contribution in [0.5, 0.6) is 5.75 Å². The van der Waals surface area contributed by atoms with Gasteiger partial charge >= 0.3 is 5.97 Å². The number of alkyl halides is 2. The number of carbonyl (C=O) groups is 1. The summed E-state index contributed by atoms with van der Waals surface area (Å²) in [4.78, 5) is 11.0. The molecule has 1 saturated carbocycles. The van der Waals surface area contributed by atoms with E-state index in [1.807, 2.05) is 0 Å². The minimum absolute atomic E-state index is 0.177.